The molecule has 1 saturated heterocycles. The fourth-order valence-corrected chi connectivity index (χ4v) is 4.70. The smallest absolute Gasteiger partial charge is 0.257 e. The van der Waals surface area contributed by atoms with Crippen LogP contribution in [0, 0.1) is 18.3 Å². The average molecular weight is 412 g/mol. The molecular formula is C22H29N5O3+2. The lowest BCUT2D eigenvalue weighted by Crippen LogP contribution is -3.28. The first-order valence-corrected chi connectivity index (χ1v) is 10.5. The molecule has 1 aromatic carbocycles. The van der Waals surface area contributed by atoms with Crippen LogP contribution in [0.3, 0.4) is 0 Å². The number of nitriles is 1. The van der Waals surface area contributed by atoms with Crippen LogP contribution >= 0.6 is 0 Å². The van der Waals surface area contributed by atoms with E-state index in [1.54, 1.807) is 11.3 Å². The summed E-state index contributed by atoms with van der Waals surface area (Å²) >= 11 is 0. The standard InChI is InChI=1S/C22H27N5O3/c1-16-12-21(30)27-20-5-3-2-4-19(20)26(22(27)18(16)13-23)15-17(29)14-25-8-6-24(7-9-25)10-11-28/h2-5,12,17,28-29H,6-11,14-15H2,1H3/p+2/t17-/m1/s1. The number of nitrogens with one attached hydrogen (secondary N) is 2. The zero-order chi connectivity index (χ0) is 21.3. The lowest BCUT2D eigenvalue weighted by molar-refractivity contribution is -1.01. The Morgan fingerprint density at radius 3 is 2.50 bits per heavy atom. The van der Waals surface area contributed by atoms with Crippen molar-refractivity contribution in [2.24, 2.45) is 0 Å². The molecule has 4 rings (SSSR count). The monoisotopic (exact) mass is 411 g/mol. The summed E-state index contributed by atoms with van der Waals surface area (Å²) in [4.78, 5) is 15.5. The third-order valence-corrected chi connectivity index (χ3v) is 6.22. The van der Waals surface area contributed by atoms with Gasteiger partial charge in [-0.3, -0.25) is 9.20 Å². The van der Waals surface area contributed by atoms with Crippen LogP contribution < -0.4 is 15.4 Å². The van der Waals surface area contributed by atoms with E-state index in [1.165, 1.54) is 15.9 Å². The lowest BCUT2D eigenvalue weighted by Gasteiger charge is -2.30. The second-order valence-electron chi connectivity index (χ2n) is 8.24. The Morgan fingerprint density at radius 2 is 1.83 bits per heavy atom. The normalized spacial score (nSPS) is 20.5. The van der Waals surface area contributed by atoms with Gasteiger partial charge >= 0.3 is 0 Å². The number of imidazole rings is 1. The lowest BCUT2D eigenvalue weighted by atomic mass is 10.1. The van der Waals surface area contributed by atoms with Crippen LogP contribution in [0.5, 0.6) is 0 Å². The van der Waals surface area contributed by atoms with Crippen molar-refractivity contribution < 1.29 is 20.0 Å². The number of para-hydroxylation sites is 2. The number of piperazine rings is 1. The molecule has 0 unspecified atom stereocenters. The highest BCUT2D eigenvalue weighted by molar-refractivity contribution is 5.84. The Hall–Kier alpha value is -2.70. The van der Waals surface area contributed by atoms with Crippen LogP contribution in [0.4, 0.5) is 0 Å². The number of pyridine rings is 1. The van der Waals surface area contributed by atoms with Crippen LogP contribution in [-0.4, -0.2) is 71.2 Å². The van der Waals surface area contributed by atoms with Crippen molar-refractivity contribution >= 4 is 16.7 Å². The molecule has 0 saturated carbocycles. The molecular weight excluding hydrogens is 382 g/mol. The Kier molecular flexibility index (Phi) is 5.88. The van der Waals surface area contributed by atoms with E-state index in [-0.39, 0.29) is 12.2 Å². The molecule has 1 fully saturated rings. The number of rotatable bonds is 6. The molecule has 0 radical (unpaired) electrons. The first kappa shape index (κ1) is 20.6. The molecule has 1 aliphatic heterocycles. The number of aliphatic hydroxyl groups excluding tert-OH is 2. The largest absolute Gasteiger partial charge is 0.391 e. The van der Waals surface area contributed by atoms with Gasteiger partial charge in [0.25, 0.3) is 5.56 Å². The van der Waals surface area contributed by atoms with Crippen molar-refractivity contribution in [2.75, 3.05) is 45.9 Å². The van der Waals surface area contributed by atoms with Gasteiger partial charge in [0.1, 0.15) is 57.1 Å². The van der Waals surface area contributed by atoms with Crippen molar-refractivity contribution in [1.82, 2.24) is 8.97 Å². The van der Waals surface area contributed by atoms with E-state index in [1.807, 2.05) is 28.8 Å². The Balaban J connectivity index is 1.65. The van der Waals surface area contributed by atoms with Gasteiger partial charge in [-0.2, -0.15) is 5.26 Å². The van der Waals surface area contributed by atoms with E-state index >= 15 is 0 Å². The van der Waals surface area contributed by atoms with Crippen molar-refractivity contribution in [3.8, 4) is 6.07 Å². The molecule has 0 aliphatic carbocycles. The summed E-state index contributed by atoms with van der Waals surface area (Å²) < 4.78 is 3.50. The first-order chi connectivity index (χ1) is 14.5. The van der Waals surface area contributed by atoms with Gasteiger partial charge in [0.15, 0.2) is 0 Å². The fraction of sp³-hybridized carbons (Fsp3) is 0.455. The topological polar surface area (TPSA) is 99.5 Å². The maximum Gasteiger partial charge on any atom is 0.257 e. The van der Waals surface area contributed by atoms with Crippen LogP contribution in [0.2, 0.25) is 0 Å². The van der Waals surface area contributed by atoms with Gasteiger partial charge in [0.2, 0.25) is 0 Å². The molecule has 8 heteroatoms. The van der Waals surface area contributed by atoms with Gasteiger partial charge in [-0.15, -0.1) is 0 Å². The van der Waals surface area contributed by atoms with Crippen LogP contribution in [-0.2, 0) is 6.54 Å². The number of benzene rings is 1. The number of hydrogen-bond donors (Lipinski definition) is 4. The zero-order valence-corrected chi connectivity index (χ0v) is 17.3. The summed E-state index contributed by atoms with van der Waals surface area (Å²) in [5, 5.41) is 29.8. The molecule has 3 aromatic rings. The Morgan fingerprint density at radius 1 is 1.17 bits per heavy atom. The third-order valence-electron chi connectivity index (χ3n) is 6.22. The van der Waals surface area contributed by atoms with E-state index in [0.29, 0.717) is 29.9 Å². The summed E-state index contributed by atoms with van der Waals surface area (Å²) in [6, 6.07) is 11.3. The number of nitrogens with zero attached hydrogens (tertiary/aromatic N) is 3. The van der Waals surface area contributed by atoms with E-state index in [2.05, 4.69) is 6.07 Å². The maximum absolute atomic E-state index is 12.7. The summed E-state index contributed by atoms with van der Waals surface area (Å²) in [5.74, 6) is 0. The first-order valence-electron chi connectivity index (χ1n) is 10.5. The SMILES string of the molecule is Cc1cc(=O)n2c3ccccc3n(C[C@H](O)C[NH+]3CC[NH+](CCO)CC3)c2c1C#N. The number of quaternary nitrogens is 2. The summed E-state index contributed by atoms with van der Waals surface area (Å²) in [5.41, 5.74) is 3.08. The van der Waals surface area contributed by atoms with Crippen LogP contribution in [0.1, 0.15) is 11.1 Å². The minimum absolute atomic E-state index is 0.167. The van der Waals surface area contributed by atoms with Gasteiger partial charge in [-0.05, 0) is 24.6 Å². The van der Waals surface area contributed by atoms with Crippen molar-refractivity contribution in [1.29, 1.82) is 5.26 Å². The van der Waals surface area contributed by atoms with Gasteiger partial charge in [0.05, 0.1) is 29.7 Å². The number of hydrogen-bond acceptors (Lipinski definition) is 4. The number of aromatic nitrogens is 2. The highest BCUT2D eigenvalue weighted by Crippen LogP contribution is 2.23. The number of fused-ring (bicyclic) bond motifs is 3. The Labute approximate surface area is 174 Å². The quantitative estimate of drug-likeness (QED) is 0.363. The van der Waals surface area contributed by atoms with Crippen LogP contribution in [0.15, 0.2) is 35.1 Å². The predicted octanol–water partition coefficient (Wildman–Crippen LogP) is -2.43. The molecule has 158 valence electrons. The van der Waals surface area contributed by atoms with Crippen molar-refractivity contribution in [3.05, 3.63) is 51.8 Å². The molecule has 0 amide bonds. The van der Waals surface area contributed by atoms with Crippen molar-refractivity contribution in [2.45, 2.75) is 19.6 Å². The molecule has 0 spiro atoms. The molecule has 1 aliphatic rings. The second kappa shape index (κ2) is 8.58. The molecule has 3 heterocycles. The van der Waals surface area contributed by atoms with E-state index in [9.17, 15) is 15.2 Å². The number of aryl methyl sites for hydroxylation is 1. The minimum Gasteiger partial charge on any atom is -0.391 e. The molecule has 30 heavy (non-hydrogen) atoms. The van der Waals surface area contributed by atoms with Gasteiger partial charge < -0.3 is 24.6 Å². The Bertz CT molecular complexity index is 1150. The summed E-state index contributed by atoms with van der Waals surface area (Å²) in [7, 11) is 0. The van der Waals surface area contributed by atoms with Crippen molar-refractivity contribution in [3.63, 3.8) is 0 Å². The van der Waals surface area contributed by atoms with E-state index in [0.717, 1.165) is 43.8 Å². The molecule has 2 aromatic heterocycles. The molecule has 0 bridgehead atoms. The average Bonchev–Trinajstić information content (AvgIpc) is 3.05. The third kappa shape index (κ3) is 3.73. The van der Waals surface area contributed by atoms with Gasteiger partial charge in [-0.25, -0.2) is 0 Å². The van der Waals surface area contributed by atoms with Gasteiger partial charge in [-0.1, -0.05) is 12.1 Å². The summed E-state index contributed by atoms with van der Waals surface area (Å²) in [6.07, 6.45) is -0.596. The predicted molar refractivity (Wildman–Crippen MR) is 113 cm³/mol. The highest BCUT2D eigenvalue weighted by Gasteiger charge is 2.26. The number of aliphatic hydroxyl groups is 2. The molecule has 1 atom stereocenters. The fourth-order valence-electron chi connectivity index (χ4n) is 4.70. The highest BCUT2D eigenvalue weighted by atomic mass is 16.3. The zero-order valence-electron chi connectivity index (χ0n) is 17.3. The van der Waals surface area contributed by atoms with E-state index < -0.39 is 6.10 Å². The van der Waals surface area contributed by atoms with Crippen LogP contribution in [0.25, 0.3) is 16.7 Å². The van der Waals surface area contributed by atoms with E-state index in [4.69, 9.17) is 5.11 Å². The minimum atomic E-state index is -0.596. The molecule has 8 nitrogen and oxygen atoms in total. The van der Waals surface area contributed by atoms with Gasteiger partial charge in [0, 0.05) is 6.07 Å². The summed E-state index contributed by atoms with van der Waals surface area (Å²) in [6.45, 7) is 7.60. The second-order valence-corrected chi connectivity index (χ2v) is 8.24. The molecule has 4 N–H and O–H groups in total. The maximum atomic E-state index is 12.7.